The number of anilines is 1. The zero-order valence-electron chi connectivity index (χ0n) is 10.8. The van der Waals surface area contributed by atoms with Gasteiger partial charge in [-0.1, -0.05) is 35.5 Å². The van der Waals surface area contributed by atoms with Crippen LogP contribution in [0.1, 0.15) is 16.8 Å². The highest BCUT2D eigenvalue weighted by Gasteiger charge is 2.30. The summed E-state index contributed by atoms with van der Waals surface area (Å²) in [5.41, 5.74) is 6.66. The molecule has 2 heterocycles. The van der Waals surface area contributed by atoms with Crippen molar-refractivity contribution in [1.29, 1.82) is 0 Å². The standard InChI is InChI=1S/C14H15N3O3/c15-10-6-7-17(8-10)13-11(14(18)19)12(20-16-13)9-4-2-1-3-5-9/h1-5,10H,6-8,15H2,(H,18,19)/t10-/m1/s1. The highest BCUT2D eigenvalue weighted by Crippen LogP contribution is 2.32. The molecule has 3 N–H and O–H groups in total. The number of carbonyl (C=O) groups is 1. The van der Waals surface area contributed by atoms with E-state index in [-0.39, 0.29) is 17.4 Å². The van der Waals surface area contributed by atoms with Crippen LogP contribution in [0.2, 0.25) is 0 Å². The van der Waals surface area contributed by atoms with Gasteiger partial charge in [0, 0.05) is 24.7 Å². The number of rotatable bonds is 3. The Hall–Kier alpha value is -2.34. The lowest BCUT2D eigenvalue weighted by molar-refractivity contribution is 0.0698. The quantitative estimate of drug-likeness (QED) is 0.882. The van der Waals surface area contributed by atoms with Gasteiger partial charge in [0.25, 0.3) is 0 Å². The number of aromatic nitrogens is 1. The molecule has 0 bridgehead atoms. The molecule has 1 saturated heterocycles. The van der Waals surface area contributed by atoms with Gasteiger partial charge < -0.3 is 20.3 Å². The lowest BCUT2D eigenvalue weighted by Gasteiger charge is -2.14. The van der Waals surface area contributed by atoms with E-state index in [1.165, 1.54) is 0 Å². The molecule has 0 saturated carbocycles. The van der Waals surface area contributed by atoms with E-state index in [0.29, 0.717) is 24.5 Å². The van der Waals surface area contributed by atoms with Gasteiger partial charge in [0.15, 0.2) is 17.1 Å². The molecule has 3 rings (SSSR count). The van der Waals surface area contributed by atoms with Crippen molar-refractivity contribution >= 4 is 11.8 Å². The Balaban J connectivity index is 2.05. The van der Waals surface area contributed by atoms with Crippen molar-refractivity contribution < 1.29 is 14.4 Å². The van der Waals surface area contributed by atoms with Crippen LogP contribution in [0.3, 0.4) is 0 Å². The van der Waals surface area contributed by atoms with Gasteiger partial charge in [-0.2, -0.15) is 0 Å². The average molecular weight is 273 g/mol. The second-order valence-corrected chi connectivity index (χ2v) is 4.88. The Morgan fingerprint density at radius 1 is 1.40 bits per heavy atom. The van der Waals surface area contributed by atoms with Crippen molar-refractivity contribution in [2.45, 2.75) is 12.5 Å². The van der Waals surface area contributed by atoms with E-state index in [2.05, 4.69) is 5.16 Å². The third-order valence-corrected chi connectivity index (χ3v) is 3.45. The number of hydrogen-bond donors (Lipinski definition) is 2. The van der Waals surface area contributed by atoms with Crippen LogP contribution >= 0.6 is 0 Å². The van der Waals surface area contributed by atoms with Crippen LogP contribution in [0.4, 0.5) is 5.82 Å². The lowest BCUT2D eigenvalue weighted by Crippen LogP contribution is -2.27. The van der Waals surface area contributed by atoms with E-state index in [1.54, 1.807) is 12.1 Å². The summed E-state index contributed by atoms with van der Waals surface area (Å²) in [6.45, 7) is 1.29. The third-order valence-electron chi connectivity index (χ3n) is 3.45. The molecule has 1 aliphatic heterocycles. The van der Waals surface area contributed by atoms with Crippen molar-refractivity contribution in [2.24, 2.45) is 5.73 Å². The van der Waals surface area contributed by atoms with Crippen LogP contribution in [0, 0.1) is 0 Å². The highest BCUT2D eigenvalue weighted by atomic mass is 16.5. The molecule has 6 nitrogen and oxygen atoms in total. The molecule has 104 valence electrons. The molecule has 1 fully saturated rings. The van der Waals surface area contributed by atoms with Gasteiger partial charge >= 0.3 is 5.97 Å². The predicted octanol–water partition coefficient (Wildman–Crippen LogP) is 1.58. The lowest BCUT2D eigenvalue weighted by atomic mass is 10.1. The maximum Gasteiger partial charge on any atom is 0.343 e. The first-order chi connectivity index (χ1) is 9.66. The maximum atomic E-state index is 11.6. The van der Waals surface area contributed by atoms with E-state index >= 15 is 0 Å². The van der Waals surface area contributed by atoms with Crippen molar-refractivity contribution in [1.82, 2.24) is 5.16 Å². The number of hydrogen-bond acceptors (Lipinski definition) is 5. The first kappa shape index (κ1) is 12.7. The van der Waals surface area contributed by atoms with Crippen molar-refractivity contribution in [3.05, 3.63) is 35.9 Å². The maximum absolute atomic E-state index is 11.6. The van der Waals surface area contributed by atoms with E-state index in [0.717, 1.165) is 6.42 Å². The molecule has 0 aliphatic carbocycles. The SMILES string of the molecule is N[C@@H]1CCN(c2noc(-c3ccccc3)c2C(=O)O)C1. The Labute approximate surface area is 115 Å². The van der Waals surface area contributed by atoms with Crippen molar-refractivity contribution in [3.63, 3.8) is 0 Å². The summed E-state index contributed by atoms with van der Waals surface area (Å²) in [6, 6.07) is 9.16. The number of carboxylic acids is 1. The second kappa shape index (κ2) is 4.97. The molecule has 0 unspecified atom stereocenters. The Bertz CT molecular complexity index is 624. The fraction of sp³-hybridized carbons (Fsp3) is 0.286. The number of aromatic carboxylic acids is 1. The van der Waals surface area contributed by atoms with Gasteiger partial charge in [0.2, 0.25) is 0 Å². The van der Waals surface area contributed by atoms with E-state index < -0.39 is 5.97 Å². The smallest absolute Gasteiger partial charge is 0.343 e. The average Bonchev–Trinajstić information content (AvgIpc) is 3.05. The molecular weight excluding hydrogens is 258 g/mol. The second-order valence-electron chi connectivity index (χ2n) is 4.88. The van der Waals surface area contributed by atoms with Gasteiger partial charge in [0.05, 0.1) is 0 Å². The van der Waals surface area contributed by atoms with E-state index in [1.807, 2.05) is 23.1 Å². The zero-order chi connectivity index (χ0) is 14.1. The van der Waals surface area contributed by atoms with E-state index in [9.17, 15) is 9.90 Å². The molecule has 0 radical (unpaired) electrons. The topological polar surface area (TPSA) is 92.6 Å². The summed E-state index contributed by atoms with van der Waals surface area (Å²) in [7, 11) is 0. The van der Waals surface area contributed by atoms with E-state index in [4.69, 9.17) is 10.3 Å². The number of nitrogens with zero attached hydrogens (tertiary/aromatic N) is 2. The molecule has 20 heavy (non-hydrogen) atoms. The van der Waals surface area contributed by atoms with Crippen LogP contribution < -0.4 is 10.6 Å². The van der Waals surface area contributed by atoms with Crippen LogP contribution in [0.15, 0.2) is 34.9 Å². The number of carboxylic acid groups (broad SMARTS) is 1. The van der Waals surface area contributed by atoms with Crippen LogP contribution in [-0.4, -0.2) is 35.4 Å². The normalized spacial score (nSPS) is 18.4. The summed E-state index contributed by atoms with van der Waals surface area (Å²) in [5, 5.41) is 13.4. The largest absolute Gasteiger partial charge is 0.477 e. The minimum absolute atomic E-state index is 0.0496. The monoisotopic (exact) mass is 273 g/mol. The Kier molecular flexibility index (Phi) is 3.15. The van der Waals surface area contributed by atoms with Crippen LogP contribution in [-0.2, 0) is 0 Å². The molecule has 0 spiro atoms. The minimum Gasteiger partial charge on any atom is -0.477 e. The zero-order valence-corrected chi connectivity index (χ0v) is 10.8. The molecule has 1 aromatic heterocycles. The Morgan fingerprint density at radius 3 is 2.75 bits per heavy atom. The molecule has 0 amide bonds. The third kappa shape index (κ3) is 2.14. The first-order valence-electron chi connectivity index (χ1n) is 6.45. The number of benzene rings is 1. The summed E-state index contributed by atoms with van der Waals surface area (Å²) in [5.74, 6) is -0.390. The van der Waals surface area contributed by atoms with Gasteiger partial charge in [0.1, 0.15) is 0 Å². The van der Waals surface area contributed by atoms with Crippen LogP contribution in [0.5, 0.6) is 0 Å². The minimum atomic E-state index is -1.04. The Morgan fingerprint density at radius 2 is 2.15 bits per heavy atom. The highest BCUT2D eigenvalue weighted by molar-refractivity contribution is 5.99. The molecule has 6 heteroatoms. The fourth-order valence-corrected chi connectivity index (χ4v) is 2.46. The number of nitrogens with two attached hydrogens (primary N) is 1. The fourth-order valence-electron chi connectivity index (χ4n) is 2.46. The van der Waals surface area contributed by atoms with Gasteiger partial charge in [-0.05, 0) is 6.42 Å². The summed E-state index contributed by atoms with van der Waals surface area (Å²) in [6.07, 6.45) is 0.826. The summed E-state index contributed by atoms with van der Waals surface area (Å²) >= 11 is 0. The molecule has 1 aliphatic rings. The van der Waals surface area contributed by atoms with Crippen molar-refractivity contribution in [3.8, 4) is 11.3 Å². The van der Waals surface area contributed by atoms with Gasteiger partial charge in [-0.25, -0.2) is 4.79 Å². The summed E-state index contributed by atoms with van der Waals surface area (Å²) < 4.78 is 5.28. The first-order valence-corrected chi connectivity index (χ1v) is 6.45. The molecular formula is C14H15N3O3. The van der Waals surface area contributed by atoms with Crippen molar-refractivity contribution in [2.75, 3.05) is 18.0 Å². The molecule has 2 aromatic rings. The predicted molar refractivity (Wildman–Crippen MR) is 73.7 cm³/mol. The van der Waals surface area contributed by atoms with Gasteiger partial charge in [-0.15, -0.1) is 0 Å². The van der Waals surface area contributed by atoms with Crippen LogP contribution in [0.25, 0.3) is 11.3 Å². The summed E-state index contributed by atoms with van der Waals surface area (Å²) in [4.78, 5) is 13.4. The van der Waals surface area contributed by atoms with Gasteiger partial charge in [-0.3, -0.25) is 0 Å². The molecule has 1 atom stereocenters. The molecule has 1 aromatic carbocycles.